The zero-order chi connectivity index (χ0) is 16.8. The number of likely N-dealkylation sites (N-methyl/N-ethyl adjacent to an activating group) is 1. The first-order chi connectivity index (χ1) is 11.5. The molecule has 0 radical (unpaired) electrons. The van der Waals surface area contributed by atoms with Crippen molar-refractivity contribution in [2.75, 3.05) is 25.0 Å². The first-order valence-corrected chi connectivity index (χ1v) is 7.96. The minimum atomic E-state index is -0.923. The van der Waals surface area contributed by atoms with Gasteiger partial charge in [0.05, 0.1) is 6.04 Å². The Bertz CT molecular complexity index is 942. The summed E-state index contributed by atoms with van der Waals surface area (Å²) >= 11 is 6.07. The van der Waals surface area contributed by atoms with E-state index in [0.29, 0.717) is 40.6 Å². The van der Waals surface area contributed by atoms with Crippen LogP contribution in [0.4, 0.5) is 10.6 Å². The summed E-state index contributed by atoms with van der Waals surface area (Å²) in [7, 11) is 1.59. The highest BCUT2D eigenvalue weighted by Crippen LogP contribution is 2.34. The molecule has 0 saturated carbocycles. The molecule has 0 unspecified atom stereocenters. The summed E-state index contributed by atoms with van der Waals surface area (Å²) in [5.74, 6) is 0.689. The molecule has 3 aromatic rings. The number of halogens is 1. The van der Waals surface area contributed by atoms with Crippen molar-refractivity contribution < 1.29 is 14.3 Å². The Kier molecular flexibility index (Phi) is 3.45. The molecular formula is C16H15ClN4O3. The van der Waals surface area contributed by atoms with Crippen LogP contribution in [0.5, 0.6) is 0 Å². The number of carboxylic acid groups (broad SMARTS) is 1. The van der Waals surface area contributed by atoms with Crippen LogP contribution in [0.2, 0.25) is 5.02 Å². The molecule has 8 heteroatoms. The van der Waals surface area contributed by atoms with E-state index < -0.39 is 6.09 Å². The van der Waals surface area contributed by atoms with E-state index in [9.17, 15) is 4.79 Å². The molecule has 3 heterocycles. The van der Waals surface area contributed by atoms with Gasteiger partial charge in [-0.15, -0.1) is 0 Å². The molecule has 1 aliphatic rings. The molecule has 24 heavy (non-hydrogen) atoms. The maximum absolute atomic E-state index is 11.1. The Hall–Kier alpha value is -2.54. The summed E-state index contributed by atoms with van der Waals surface area (Å²) < 4.78 is 5.94. The van der Waals surface area contributed by atoms with Crippen LogP contribution in [0.25, 0.3) is 22.1 Å². The van der Waals surface area contributed by atoms with Crippen molar-refractivity contribution in [3.8, 4) is 0 Å². The fourth-order valence-corrected chi connectivity index (χ4v) is 3.34. The normalized spacial score (nSPS) is 17.8. The van der Waals surface area contributed by atoms with Gasteiger partial charge in [-0.1, -0.05) is 11.6 Å². The number of hydrogen-bond acceptors (Lipinski definition) is 5. The zero-order valence-electron chi connectivity index (χ0n) is 12.9. The Balaban J connectivity index is 1.75. The fourth-order valence-electron chi connectivity index (χ4n) is 3.17. The highest BCUT2D eigenvalue weighted by molar-refractivity contribution is 6.31. The number of furan rings is 1. The third kappa shape index (κ3) is 2.32. The lowest BCUT2D eigenvalue weighted by Crippen LogP contribution is -2.38. The van der Waals surface area contributed by atoms with Gasteiger partial charge >= 0.3 is 6.09 Å². The highest BCUT2D eigenvalue weighted by atomic mass is 35.5. The SMILES string of the molecule is CN(C(=O)O)[C@H]1CCN(c2ncnc3c2oc2ccc(Cl)cc23)C1. The maximum Gasteiger partial charge on any atom is 0.407 e. The number of nitrogens with zero attached hydrogens (tertiary/aromatic N) is 4. The molecule has 1 atom stereocenters. The standard InChI is InChI=1S/C16H15ClN4O3/c1-20(16(22)23)10-4-5-21(7-10)15-14-13(18-8-19-15)11-6-9(17)2-3-12(11)24-14/h2-3,6,8,10H,4-5,7H2,1H3,(H,22,23)/t10-/m0/s1. The number of fused-ring (bicyclic) bond motifs is 3. The number of benzene rings is 1. The molecule has 1 aromatic carbocycles. The second-order valence-corrected chi connectivity index (χ2v) is 6.34. The molecule has 0 bridgehead atoms. The lowest BCUT2D eigenvalue weighted by Gasteiger charge is -2.22. The van der Waals surface area contributed by atoms with Crippen molar-refractivity contribution in [2.24, 2.45) is 0 Å². The van der Waals surface area contributed by atoms with Crippen molar-refractivity contribution in [1.29, 1.82) is 0 Å². The summed E-state index contributed by atoms with van der Waals surface area (Å²) in [6.07, 6.45) is 1.33. The van der Waals surface area contributed by atoms with Gasteiger partial charge in [0.2, 0.25) is 0 Å². The van der Waals surface area contributed by atoms with E-state index in [1.807, 2.05) is 17.0 Å². The number of amides is 1. The van der Waals surface area contributed by atoms with Crippen molar-refractivity contribution in [3.63, 3.8) is 0 Å². The van der Waals surface area contributed by atoms with E-state index in [4.69, 9.17) is 21.1 Å². The molecule has 124 valence electrons. The van der Waals surface area contributed by atoms with Crippen molar-refractivity contribution in [3.05, 3.63) is 29.5 Å². The molecule has 4 rings (SSSR count). The summed E-state index contributed by atoms with van der Waals surface area (Å²) in [6, 6.07) is 5.34. The number of hydrogen-bond donors (Lipinski definition) is 1. The van der Waals surface area contributed by atoms with Crippen LogP contribution in [-0.2, 0) is 0 Å². The summed E-state index contributed by atoms with van der Waals surface area (Å²) in [5, 5.41) is 10.6. The quantitative estimate of drug-likeness (QED) is 0.767. The molecule has 1 N–H and O–H groups in total. The van der Waals surface area contributed by atoms with Crippen LogP contribution in [0.1, 0.15) is 6.42 Å². The first kappa shape index (κ1) is 15.0. The van der Waals surface area contributed by atoms with Crippen molar-refractivity contribution >= 4 is 45.6 Å². The van der Waals surface area contributed by atoms with E-state index in [0.717, 1.165) is 11.8 Å². The monoisotopic (exact) mass is 346 g/mol. The van der Waals surface area contributed by atoms with Crippen LogP contribution < -0.4 is 4.90 Å². The summed E-state index contributed by atoms with van der Waals surface area (Å²) in [5.41, 5.74) is 2.02. The van der Waals surface area contributed by atoms with Crippen LogP contribution in [-0.4, -0.2) is 52.2 Å². The fraction of sp³-hybridized carbons (Fsp3) is 0.312. The Labute approximate surface area is 142 Å². The lowest BCUT2D eigenvalue weighted by molar-refractivity contribution is 0.142. The highest BCUT2D eigenvalue weighted by Gasteiger charge is 2.30. The average Bonchev–Trinajstić information content (AvgIpc) is 3.18. The zero-order valence-corrected chi connectivity index (χ0v) is 13.7. The third-order valence-electron chi connectivity index (χ3n) is 4.51. The molecule has 0 aliphatic carbocycles. The van der Waals surface area contributed by atoms with Crippen molar-refractivity contribution in [1.82, 2.24) is 14.9 Å². The third-order valence-corrected chi connectivity index (χ3v) is 4.74. The molecule has 1 saturated heterocycles. The molecule has 7 nitrogen and oxygen atoms in total. The van der Waals surface area contributed by atoms with Gasteiger partial charge < -0.3 is 19.3 Å². The van der Waals surface area contributed by atoms with Gasteiger partial charge in [-0.3, -0.25) is 0 Å². The number of rotatable bonds is 2. The van der Waals surface area contributed by atoms with Gasteiger partial charge in [0.1, 0.15) is 17.4 Å². The van der Waals surface area contributed by atoms with Gasteiger partial charge in [0.15, 0.2) is 11.4 Å². The van der Waals surface area contributed by atoms with E-state index in [-0.39, 0.29) is 6.04 Å². The van der Waals surface area contributed by atoms with E-state index in [1.165, 1.54) is 11.2 Å². The Morgan fingerprint density at radius 3 is 3.08 bits per heavy atom. The molecule has 0 spiro atoms. The average molecular weight is 347 g/mol. The minimum absolute atomic E-state index is 0.0636. The Morgan fingerprint density at radius 2 is 2.29 bits per heavy atom. The number of carbonyl (C=O) groups is 1. The summed E-state index contributed by atoms with van der Waals surface area (Å²) in [4.78, 5) is 23.2. The summed E-state index contributed by atoms with van der Waals surface area (Å²) in [6.45, 7) is 1.29. The van der Waals surface area contributed by atoms with Crippen LogP contribution in [0.3, 0.4) is 0 Å². The molecular weight excluding hydrogens is 332 g/mol. The molecule has 1 aliphatic heterocycles. The van der Waals surface area contributed by atoms with Crippen LogP contribution in [0, 0.1) is 0 Å². The maximum atomic E-state index is 11.1. The smallest absolute Gasteiger partial charge is 0.407 e. The van der Waals surface area contributed by atoms with Crippen LogP contribution >= 0.6 is 11.6 Å². The van der Waals surface area contributed by atoms with Crippen LogP contribution in [0.15, 0.2) is 28.9 Å². The number of anilines is 1. The van der Waals surface area contributed by atoms with Gasteiger partial charge in [-0.25, -0.2) is 14.8 Å². The molecule has 2 aromatic heterocycles. The van der Waals surface area contributed by atoms with E-state index >= 15 is 0 Å². The predicted octanol–water partition coefficient (Wildman–Crippen LogP) is 3.22. The molecule has 1 amide bonds. The topological polar surface area (TPSA) is 82.7 Å². The largest absolute Gasteiger partial charge is 0.465 e. The number of aromatic nitrogens is 2. The van der Waals surface area contributed by atoms with E-state index in [2.05, 4.69) is 9.97 Å². The Morgan fingerprint density at radius 1 is 1.46 bits per heavy atom. The van der Waals surface area contributed by atoms with Crippen molar-refractivity contribution in [2.45, 2.75) is 12.5 Å². The second-order valence-electron chi connectivity index (χ2n) is 5.90. The predicted molar refractivity (Wildman–Crippen MR) is 90.7 cm³/mol. The van der Waals surface area contributed by atoms with Gasteiger partial charge in [-0.05, 0) is 24.6 Å². The minimum Gasteiger partial charge on any atom is -0.465 e. The van der Waals surface area contributed by atoms with Gasteiger partial charge in [0.25, 0.3) is 0 Å². The van der Waals surface area contributed by atoms with Gasteiger partial charge in [-0.2, -0.15) is 0 Å². The molecule has 1 fully saturated rings. The first-order valence-electron chi connectivity index (χ1n) is 7.58. The van der Waals surface area contributed by atoms with E-state index in [1.54, 1.807) is 13.1 Å². The van der Waals surface area contributed by atoms with Gasteiger partial charge in [0, 0.05) is 30.5 Å². The second kappa shape index (κ2) is 5.52. The lowest BCUT2D eigenvalue weighted by atomic mass is 10.2.